The summed E-state index contributed by atoms with van der Waals surface area (Å²) in [5, 5.41) is 7.38. The van der Waals surface area contributed by atoms with Crippen molar-refractivity contribution < 1.29 is 0 Å². The summed E-state index contributed by atoms with van der Waals surface area (Å²) in [7, 11) is 0. The van der Waals surface area contributed by atoms with E-state index in [0.717, 1.165) is 27.8 Å². The average Bonchev–Trinajstić information content (AvgIpc) is 3.26. The third-order valence-electron chi connectivity index (χ3n) is 10.3. The molecule has 10 rings (SSSR count). The zero-order valence-electron chi connectivity index (χ0n) is 29.4. The molecule has 0 amide bonds. The van der Waals surface area contributed by atoms with E-state index in [4.69, 9.17) is 15.0 Å². The fraction of sp³-hybridized carbons (Fsp3) is 0. The molecular weight excluding hydrogens is 655 g/mol. The molecule has 54 heavy (non-hydrogen) atoms. The van der Waals surface area contributed by atoms with Gasteiger partial charge in [-0.2, -0.15) is 0 Å². The maximum atomic E-state index is 5.02. The van der Waals surface area contributed by atoms with Gasteiger partial charge in [0.15, 0.2) is 17.5 Å². The molecule has 0 aliphatic heterocycles. The third kappa shape index (κ3) is 5.69. The van der Waals surface area contributed by atoms with Gasteiger partial charge in [-0.1, -0.05) is 182 Å². The van der Waals surface area contributed by atoms with E-state index < -0.39 is 0 Å². The largest absolute Gasteiger partial charge is 0.208 e. The molecule has 0 aliphatic carbocycles. The van der Waals surface area contributed by atoms with Gasteiger partial charge in [0.25, 0.3) is 0 Å². The highest BCUT2D eigenvalue weighted by Gasteiger charge is 2.18. The second-order valence-electron chi connectivity index (χ2n) is 13.6. The lowest BCUT2D eigenvalue weighted by molar-refractivity contribution is 1.07. The molecule has 3 heteroatoms. The molecule has 0 radical (unpaired) electrons. The van der Waals surface area contributed by atoms with Crippen molar-refractivity contribution >= 4 is 32.3 Å². The summed E-state index contributed by atoms with van der Waals surface area (Å²) < 4.78 is 0. The van der Waals surface area contributed by atoms with Crippen molar-refractivity contribution in [1.29, 1.82) is 0 Å². The van der Waals surface area contributed by atoms with Crippen LogP contribution in [0.2, 0.25) is 0 Å². The molecule has 1 aromatic heterocycles. The minimum absolute atomic E-state index is 0.639. The zero-order valence-corrected chi connectivity index (χ0v) is 29.4. The summed E-state index contributed by atoms with van der Waals surface area (Å²) in [6.07, 6.45) is 0. The van der Waals surface area contributed by atoms with Gasteiger partial charge in [0, 0.05) is 16.7 Å². The molecule has 0 aliphatic rings. The highest BCUT2D eigenvalue weighted by atomic mass is 15.0. The molecule has 3 nitrogen and oxygen atoms in total. The second kappa shape index (κ2) is 13.4. The third-order valence-corrected chi connectivity index (χ3v) is 10.3. The SMILES string of the molecule is c1ccc(-c2nc(-c3ccccc3)nc(-c3cccc(-c4ccc5c(-c6ccc7ccccc7c6)c6ccccc6c(-c6ccccc6)c5c4)c3)n2)cc1. The number of fused-ring (bicyclic) bond motifs is 3. The van der Waals surface area contributed by atoms with Gasteiger partial charge in [0.1, 0.15) is 0 Å². The number of hydrogen-bond donors (Lipinski definition) is 0. The summed E-state index contributed by atoms with van der Waals surface area (Å²) in [6.45, 7) is 0. The van der Waals surface area contributed by atoms with Crippen LogP contribution in [-0.4, -0.2) is 15.0 Å². The Morgan fingerprint density at radius 3 is 1.31 bits per heavy atom. The average molecular weight is 688 g/mol. The van der Waals surface area contributed by atoms with E-state index in [1.54, 1.807) is 0 Å². The quantitative estimate of drug-likeness (QED) is 0.163. The predicted octanol–water partition coefficient (Wildman–Crippen LogP) is 13.3. The Hall–Kier alpha value is -7.23. The van der Waals surface area contributed by atoms with Gasteiger partial charge < -0.3 is 0 Å². The first-order valence-corrected chi connectivity index (χ1v) is 18.3. The summed E-state index contributed by atoms with van der Waals surface area (Å²) in [4.78, 5) is 14.9. The van der Waals surface area contributed by atoms with Gasteiger partial charge in [-0.3, -0.25) is 0 Å². The molecule has 0 N–H and O–H groups in total. The van der Waals surface area contributed by atoms with Crippen molar-refractivity contribution in [2.24, 2.45) is 0 Å². The Morgan fingerprint density at radius 1 is 0.222 bits per heavy atom. The number of rotatable bonds is 6. The van der Waals surface area contributed by atoms with Crippen LogP contribution in [-0.2, 0) is 0 Å². The van der Waals surface area contributed by atoms with Gasteiger partial charge in [0.05, 0.1) is 0 Å². The Kier molecular flexibility index (Phi) is 7.81. The molecule has 0 atom stereocenters. The van der Waals surface area contributed by atoms with E-state index in [0.29, 0.717) is 17.5 Å². The lowest BCUT2D eigenvalue weighted by atomic mass is 9.84. The van der Waals surface area contributed by atoms with Crippen molar-refractivity contribution in [3.05, 3.63) is 200 Å². The van der Waals surface area contributed by atoms with Crippen LogP contribution in [0.1, 0.15) is 0 Å². The highest BCUT2D eigenvalue weighted by molar-refractivity contribution is 6.22. The first kappa shape index (κ1) is 31.5. The van der Waals surface area contributed by atoms with Crippen LogP contribution in [0.4, 0.5) is 0 Å². The van der Waals surface area contributed by atoms with Crippen LogP contribution in [0, 0.1) is 0 Å². The summed E-state index contributed by atoms with van der Waals surface area (Å²) in [5.74, 6) is 1.94. The standard InChI is InChI=1S/C51H33N3/c1-4-16-35(17-5-1)47-43-25-12-13-26-44(43)48(41-28-27-34-15-10-11-22-38(34)31-41)45-30-29-40(33-46(45)47)39-23-14-24-42(32-39)51-53-49(36-18-6-2-7-19-36)52-50(54-51)37-20-8-3-9-21-37/h1-33H. The first-order valence-electron chi connectivity index (χ1n) is 18.3. The molecule has 0 saturated heterocycles. The van der Waals surface area contributed by atoms with E-state index in [9.17, 15) is 0 Å². The number of benzene rings is 9. The number of aromatic nitrogens is 3. The van der Waals surface area contributed by atoms with Gasteiger partial charge in [-0.15, -0.1) is 0 Å². The molecule has 0 fully saturated rings. The molecule has 9 aromatic carbocycles. The molecule has 1 heterocycles. The van der Waals surface area contributed by atoms with Gasteiger partial charge in [0.2, 0.25) is 0 Å². The maximum Gasteiger partial charge on any atom is 0.164 e. The topological polar surface area (TPSA) is 38.7 Å². The molecule has 0 saturated carbocycles. The summed E-state index contributed by atoms with van der Waals surface area (Å²) in [5.41, 5.74) is 9.95. The number of hydrogen-bond acceptors (Lipinski definition) is 3. The van der Waals surface area contributed by atoms with Crippen LogP contribution >= 0.6 is 0 Å². The Balaban J connectivity index is 1.18. The van der Waals surface area contributed by atoms with Crippen LogP contribution in [0.3, 0.4) is 0 Å². The first-order chi connectivity index (χ1) is 26.8. The second-order valence-corrected chi connectivity index (χ2v) is 13.6. The minimum Gasteiger partial charge on any atom is -0.208 e. The molecule has 0 bridgehead atoms. The van der Waals surface area contributed by atoms with Crippen molar-refractivity contribution in [2.45, 2.75) is 0 Å². The fourth-order valence-electron chi connectivity index (χ4n) is 7.71. The van der Waals surface area contributed by atoms with Crippen LogP contribution < -0.4 is 0 Å². The lowest BCUT2D eigenvalue weighted by Crippen LogP contribution is -2.00. The Morgan fingerprint density at radius 2 is 0.667 bits per heavy atom. The van der Waals surface area contributed by atoms with Crippen molar-refractivity contribution in [3.63, 3.8) is 0 Å². The lowest BCUT2D eigenvalue weighted by Gasteiger charge is -2.19. The Labute approximate surface area is 313 Å². The maximum absolute atomic E-state index is 5.02. The van der Waals surface area contributed by atoms with E-state index in [2.05, 4.69) is 140 Å². The normalized spacial score (nSPS) is 11.3. The van der Waals surface area contributed by atoms with E-state index in [-0.39, 0.29) is 0 Å². The summed E-state index contributed by atoms with van der Waals surface area (Å²) in [6, 6.07) is 70.8. The van der Waals surface area contributed by atoms with Gasteiger partial charge in [-0.05, 0) is 83.9 Å². The molecule has 0 unspecified atom stereocenters. The molecule has 252 valence electrons. The molecular formula is C51H33N3. The van der Waals surface area contributed by atoms with Crippen LogP contribution in [0.5, 0.6) is 0 Å². The fourth-order valence-corrected chi connectivity index (χ4v) is 7.71. The summed E-state index contributed by atoms with van der Waals surface area (Å²) >= 11 is 0. The number of nitrogens with zero attached hydrogens (tertiary/aromatic N) is 3. The predicted molar refractivity (Wildman–Crippen MR) is 225 cm³/mol. The molecule has 10 aromatic rings. The highest BCUT2D eigenvalue weighted by Crippen LogP contribution is 2.45. The molecule has 0 spiro atoms. The van der Waals surface area contributed by atoms with Crippen LogP contribution in [0.15, 0.2) is 200 Å². The van der Waals surface area contributed by atoms with Crippen molar-refractivity contribution in [2.75, 3.05) is 0 Å². The van der Waals surface area contributed by atoms with E-state index in [1.165, 1.54) is 54.6 Å². The zero-order chi connectivity index (χ0) is 35.8. The van der Waals surface area contributed by atoms with Gasteiger partial charge in [-0.25, -0.2) is 15.0 Å². The monoisotopic (exact) mass is 687 g/mol. The smallest absolute Gasteiger partial charge is 0.164 e. The van der Waals surface area contributed by atoms with Crippen molar-refractivity contribution in [3.8, 4) is 67.5 Å². The van der Waals surface area contributed by atoms with E-state index in [1.807, 2.05) is 60.7 Å². The van der Waals surface area contributed by atoms with Gasteiger partial charge >= 0.3 is 0 Å². The minimum atomic E-state index is 0.639. The van der Waals surface area contributed by atoms with Crippen molar-refractivity contribution in [1.82, 2.24) is 15.0 Å². The van der Waals surface area contributed by atoms with Crippen LogP contribution in [0.25, 0.3) is 99.9 Å². The Bertz CT molecular complexity index is 2920. The van der Waals surface area contributed by atoms with E-state index >= 15 is 0 Å².